The van der Waals surface area contributed by atoms with Crippen molar-refractivity contribution in [2.75, 3.05) is 0 Å². The molecule has 0 aliphatic heterocycles. The molecule has 21 heavy (non-hydrogen) atoms. The highest BCUT2D eigenvalue weighted by atomic mass is 32.3. The van der Waals surface area contributed by atoms with Crippen molar-refractivity contribution in [2.24, 2.45) is 0 Å². The molecule has 0 saturated carbocycles. The van der Waals surface area contributed by atoms with E-state index in [1.807, 2.05) is 0 Å². The van der Waals surface area contributed by atoms with E-state index in [-0.39, 0.29) is 6.42 Å². The molecule has 0 heterocycles. The quantitative estimate of drug-likeness (QED) is 0.647. The lowest BCUT2D eigenvalue weighted by Gasteiger charge is -2.29. The van der Waals surface area contributed by atoms with Crippen LogP contribution in [0.5, 0.6) is 0 Å². The van der Waals surface area contributed by atoms with Gasteiger partial charge in [0.15, 0.2) is 10.0 Å². The summed E-state index contributed by atoms with van der Waals surface area (Å²) in [5.41, 5.74) is -6.25. The van der Waals surface area contributed by atoms with Crippen LogP contribution in [-0.2, 0) is 20.0 Å². The third-order valence-electron chi connectivity index (χ3n) is 1.95. The Hall–Kier alpha value is -0.630. The summed E-state index contributed by atoms with van der Waals surface area (Å²) in [5.74, 6) is -4.22. The molecular weight excluding hydrogens is 359 g/mol. The van der Waals surface area contributed by atoms with E-state index in [9.17, 15) is 47.6 Å². The van der Waals surface area contributed by atoms with E-state index in [0.29, 0.717) is 0 Å². The van der Waals surface area contributed by atoms with Crippen molar-refractivity contribution in [1.82, 2.24) is 0 Å². The highest BCUT2D eigenvalue weighted by Crippen LogP contribution is 2.42. The van der Waals surface area contributed by atoms with Crippen LogP contribution < -0.4 is 0 Å². The summed E-state index contributed by atoms with van der Waals surface area (Å²) in [5, 5.41) is -5.47. The highest BCUT2D eigenvalue weighted by Gasteiger charge is 2.51. The summed E-state index contributed by atoms with van der Waals surface area (Å²) in [4.78, 5) is 0. The average molecular weight is 368 g/mol. The summed E-state index contributed by atoms with van der Waals surface area (Å²) in [6.45, 7) is 1.17. The first-order valence-corrected chi connectivity index (χ1v) is 7.91. The molecule has 0 aliphatic carbocycles. The molecule has 0 radical (unpaired) electrons. The molecule has 5 nitrogen and oxygen atoms in total. The van der Waals surface area contributed by atoms with Crippen LogP contribution in [0, 0.1) is 0 Å². The number of hydrogen-bond donors (Lipinski definition) is 0. The maximum atomic E-state index is 13.1. The summed E-state index contributed by atoms with van der Waals surface area (Å²) >= 11 is 0. The molecule has 0 atom stereocenters. The van der Waals surface area contributed by atoms with Crippen molar-refractivity contribution in [3.05, 3.63) is 4.13 Å². The zero-order chi connectivity index (χ0) is 17.3. The van der Waals surface area contributed by atoms with Crippen LogP contribution in [0.15, 0.2) is 0 Å². The molecule has 0 saturated heterocycles. The molecule has 14 heteroatoms. The first kappa shape index (κ1) is 20.4. The van der Waals surface area contributed by atoms with E-state index in [0.717, 1.165) is 4.13 Å². The highest BCUT2D eigenvalue weighted by molar-refractivity contribution is 8.13. The molecule has 0 fully saturated rings. The SMILES string of the molecule is CCCC(F)(F)CC(F)(F)S(=O)(=O)[N-]S(=O)(=O)C(F)(F)F. The lowest BCUT2D eigenvalue weighted by Crippen LogP contribution is -2.38. The number of alkyl halides is 7. The largest absolute Gasteiger partial charge is 0.480 e. The number of sulfonamides is 2. The molecule has 0 rings (SSSR count). The number of halogens is 7. The van der Waals surface area contributed by atoms with E-state index < -0.39 is 49.6 Å². The van der Waals surface area contributed by atoms with Crippen LogP contribution in [0.1, 0.15) is 26.2 Å². The minimum atomic E-state index is -6.79. The van der Waals surface area contributed by atoms with Crippen LogP contribution in [0.4, 0.5) is 30.7 Å². The monoisotopic (exact) mass is 368 g/mol. The first-order valence-electron chi connectivity index (χ1n) is 5.03. The van der Waals surface area contributed by atoms with E-state index >= 15 is 0 Å². The van der Waals surface area contributed by atoms with E-state index in [2.05, 4.69) is 0 Å². The third-order valence-corrected chi connectivity index (χ3v) is 5.00. The fraction of sp³-hybridized carbons (Fsp3) is 1.00. The predicted molar refractivity (Wildman–Crippen MR) is 56.7 cm³/mol. The van der Waals surface area contributed by atoms with E-state index in [1.165, 1.54) is 6.92 Å². The molecule has 0 aliphatic rings. The van der Waals surface area contributed by atoms with Gasteiger partial charge in [-0.1, -0.05) is 13.3 Å². The van der Waals surface area contributed by atoms with Crippen molar-refractivity contribution < 1.29 is 47.6 Å². The van der Waals surface area contributed by atoms with Gasteiger partial charge in [-0.05, 0) is 0 Å². The fourth-order valence-corrected chi connectivity index (χ4v) is 3.27. The second-order valence-corrected chi connectivity index (χ2v) is 7.45. The van der Waals surface area contributed by atoms with Gasteiger partial charge in [-0.2, -0.15) is 22.0 Å². The molecule has 0 spiro atoms. The number of rotatable bonds is 7. The lowest BCUT2D eigenvalue weighted by molar-refractivity contribution is -0.0760. The van der Waals surface area contributed by atoms with Gasteiger partial charge in [0.25, 0.3) is 5.92 Å². The van der Waals surface area contributed by atoms with Gasteiger partial charge in [0.05, 0.1) is 6.42 Å². The summed E-state index contributed by atoms with van der Waals surface area (Å²) in [7, 11) is -13.4. The smallest absolute Gasteiger partial charge is 0.423 e. The first-order chi connectivity index (χ1) is 8.97. The Morgan fingerprint density at radius 2 is 1.29 bits per heavy atom. The van der Waals surface area contributed by atoms with E-state index in [1.54, 1.807) is 0 Å². The summed E-state index contributed by atoms with van der Waals surface area (Å²) in [6, 6.07) is 0. The molecule has 0 aromatic carbocycles. The standard InChI is InChI=1S/C7H9F7NO4S2/c1-2-3-5(8,9)4-6(10,11)20(16,17)15-21(18,19)7(12,13)14/h2-4H2,1H3/q-1. The Kier molecular flexibility index (Phi) is 5.69. The van der Waals surface area contributed by atoms with Crippen molar-refractivity contribution in [3.8, 4) is 0 Å². The minimum Gasteiger partial charge on any atom is -0.423 e. The van der Waals surface area contributed by atoms with Crippen LogP contribution in [0.2, 0.25) is 0 Å². The van der Waals surface area contributed by atoms with Crippen molar-refractivity contribution >= 4 is 20.0 Å². The maximum absolute atomic E-state index is 13.1. The maximum Gasteiger partial charge on any atom is 0.480 e. The molecule has 128 valence electrons. The van der Waals surface area contributed by atoms with Gasteiger partial charge in [-0.3, -0.25) is 0 Å². The molecule has 0 amide bonds. The van der Waals surface area contributed by atoms with Crippen molar-refractivity contribution in [3.63, 3.8) is 0 Å². The minimum absolute atomic E-state index is 0.318. The van der Waals surface area contributed by atoms with Gasteiger partial charge in [0, 0.05) is 6.42 Å². The Morgan fingerprint density at radius 1 is 0.857 bits per heavy atom. The van der Waals surface area contributed by atoms with Crippen LogP contribution in [0.3, 0.4) is 0 Å². The summed E-state index contributed by atoms with van der Waals surface area (Å²) in [6.07, 6.45) is -4.15. The van der Waals surface area contributed by atoms with Crippen LogP contribution >= 0.6 is 0 Å². The lowest BCUT2D eigenvalue weighted by atomic mass is 10.1. The Bertz CT molecular complexity index is 566. The number of hydrogen-bond acceptors (Lipinski definition) is 4. The third kappa shape index (κ3) is 5.25. The normalized spacial score (nSPS) is 15.2. The molecule has 0 bridgehead atoms. The van der Waals surface area contributed by atoms with Gasteiger partial charge in [0.1, 0.15) is 10.0 Å². The van der Waals surface area contributed by atoms with E-state index in [4.69, 9.17) is 0 Å². The van der Waals surface area contributed by atoms with Gasteiger partial charge >= 0.3 is 10.8 Å². The van der Waals surface area contributed by atoms with Gasteiger partial charge < -0.3 is 4.13 Å². The second kappa shape index (κ2) is 5.87. The average Bonchev–Trinajstić information content (AvgIpc) is 2.10. The van der Waals surface area contributed by atoms with Crippen molar-refractivity contribution in [1.29, 1.82) is 0 Å². The molecular formula is C7H9F7NO4S2-. The Balaban J connectivity index is 5.43. The van der Waals surface area contributed by atoms with Crippen LogP contribution in [0.25, 0.3) is 4.13 Å². The zero-order valence-corrected chi connectivity index (χ0v) is 11.8. The molecule has 0 unspecified atom stereocenters. The zero-order valence-electron chi connectivity index (χ0n) is 10.2. The molecule has 0 aromatic heterocycles. The fourth-order valence-electron chi connectivity index (χ4n) is 1.07. The molecule has 0 aromatic rings. The van der Waals surface area contributed by atoms with Gasteiger partial charge in [0.2, 0.25) is 0 Å². The van der Waals surface area contributed by atoms with Gasteiger partial charge in [-0.25, -0.2) is 25.6 Å². The van der Waals surface area contributed by atoms with Crippen LogP contribution in [-0.4, -0.2) is 33.5 Å². The Morgan fingerprint density at radius 3 is 1.62 bits per heavy atom. The van der Waals surface area contributed by atoms with Crippen molar-refractivity contribution in [2.45, 2.75) is 42.9 Å². The molecule has 0 N–H and O–H groups in total. The number of nitrogens with zero attached hydrogens (tertiary/aromatic N) is 1. The topological polar surface area (TPSA) is 82.4 Å². The Labute approximate surface area is 115 Å². The predicted octanol–water partition coefficient (Wildman–Crippen LogP) is 2.96. The summed E-state index contributed by atoms with van der Waals surface area (Å²) < 4.78 is 131. The van der Waals surface area contributed by atoms with Gasteiger partial charge in [-0.15, -0.1) is 0 Å². The second-order valence-electron chi connectivity index (χ2n) is 3.89.